The topological polar surface area (TPSA) is 69.4 Å². The standard InChI is InChI=1S/C7H13NO4/c1-3-6(2)7(9)12-5-4-8(10)11/h6H,3-5H2,1-2H3. The molecular formula is C7H13NO4. The van der Waals surface area contributed by atoms with Gasteiger partial charge in [0.1, 0.15) is 0 Å². The van der Waals surface area contributed by atoms with E-state index in [1.165, 1.54) is 0 Å². The van der Waals surface area contributed by atoms with Gasteiger partial charge in [0, 0.05) is 4.92 Å². The van der Waals surface area contributed by atoms with Crippen LogP contribution in [0.3, 0.4) is 0 Å². The number of carbonyl (C=O) groups excluding carboxylic acids is 1. The summed E-state index contributed by atoms with van der Waals surface area (Å²) in [5.41, 5.74) is 0. The quantitative estimate of drug-likeness (QED) is 0.353. The molecule has 0 aromatic heterocycles. The lowest BCUT2D eigenvalue weighted by molar-refractivity contribution is -0.482. The molecule has 0 aromatic rings. The molecule has 0 fully saturated rings. The second-order valence-electron chi connectivity index (χ2n) is 2.53. The minimum absolute atomic E-state index is 0.129. The average Bonchev–Trinajstić information content (AvgIpc) is 2.02. The zero-order valence-corrected chi connectivity index (χ0v) is 7.28. The molecule has 70 valence electrons. The maximum Gasteiger partial charge on any atom is 0.308 e. The zero-order chi connectivity index (χ0) is 9.56. The number of ether oxygens (including phenoxy) is 1. The van der Waals surface area contributed by atoms with Crippen LogP contribution in [-0.4, -0.2) is 24.0 Å². The van der Waals surface area contributed by atoms with Gasteiger partial charge in [-0.3, -0.25) is 14.9 Å². The predicted molar refractivity (Wildman–Crippen MR) is 42.3 cm³/mol. The highest BCUT2D eigenvalue weighted by atomic mass is 16.6. The summed E-state index contributed by atoms with van der Waals surface area (Å²) in [4.78, 5) is 20.2. The first-order chi connectivity index (χ1) is 5.57. The molecule has 0 aliphatic heterocycles. The number of nitro groups is 1. The number of hydrogen-bond donors (Lipinski definition) is 0. The molecule has 0 saturated carbocycles. The highest BCUT2D eigenvalue weighted by molar-refractivity contribution is 5.71. The van der Waals surface area contributed by atoms with Crippen LogP contribution in [-0.2, 0) is 9.53 Å². The van der Waals surface area contributed by atoms with Crippen LogP contribution in [0.1, 0.15) is 20.3 Å². The Morgan fingerprint density at radius 3 is 2.67 bits per heavy atom. The largest absolute Gasteiger partial charge is 0.458 e. The van der Waals surface area contributed by atoms with Crippen LogP contribution in [0.2, 0.25) is 0 Å². The van der Waals surface area contributed by atoms with E-state index in [0.29, 0.717) is 6.42 Å². The van der Waals surface area contributed by atoms with E-state index in [-0.39, 0.29) is 25.0 Å². The molecule has 0 radical (unpaired) electrons. The third-order valence-corrected chi connectivity index (χ3v) is 1.53. The highest BCUT2D eigenvalue weighted by Gasteiger charge is 2.12. The van der Waals surface area contributed by atoms with Crippen LogP contribution in [0.25, 0.3) is 0 Å². The minimum Gasteiger partial charge on any atom is -0.458 e. The summed E-state index contributed by atoms with van der Waals surface area (Å²) >= 11 is 0. The normalized spacial score (nSPS) is 12.2. The van der Waals surface area contributed by atoms with Crippen molar-refractivity contribution in [3.05, 3.63) is 10.1 Å². The van der Waals surface area contributed by atoms with Gasteiger partial charge in [-0.1, -0.05) is 13.8 Å². The lowest BCUT2D eigenvalue weighted by atomic mass is 10.1. The molecule has 0 aliphatic rings. The van der Waals surface area contributed by atoms with Gasteiger partial charge < -0.3 is 4.74 Å². The summed E-state index contributed by atoms with van der Waals surface area (Å²) < 4.78 is 4.62. The SMILES string of the molecule is CCC(C)C(=O)OCC[N+](=O)[O-]. The van der Waals surface area contributed by atoms with Gasteiger partial charge in [0.25, 0.3) is 0 Å². The van der Waals surface area contributed by atoms with E-state index in [2.05, 4.69) is 4.74 Å². The highest BCUT2D eigenvalue weighted by Crippen LogP contribution is 2.02. The molecule has 0 rings (SSSR count). The number of esters is 1. The Morgan fingerprint density at radius 2 is 2.25 bits per heavy atom. The number of hydrogen-bond acceptors (Lipinski definition) is 4. The molecule has 0 bridgehead atoms. The van der Waals surface area contributed by atoms with Crippen molar-refractivity contribution < 1.29 is 14.5 Å². The maximum absolute atomic E-state index is 10.9. The second kappa shape index (κ2) is 5.51. The molecule has 0 spiro atoms. The number of nitrogens with zero attached hydrogens (tertiary/aromatic N) is 1. The molecule has 0 heterocycles. The molecule has 1 atom stereocenters. The first-order valence-corrected chi connectivity index (χ1v) is 3.86. The average molecular weight is 175 g/mol. The van der Waals surface area contributed by atoms with Crippen molar-refractivity contribution in [2.45, 2.75) is 20.3 Å². The van der Waals surface area contributed by atoms with Gasteiger partial charge in [-0.15, -0.1) is 0 Å². The van der Waals surface area contributed by atoms with E-state index in [1.54, 1.807) is 6.92 Å². The third-order valence-electron chi connectivity index (χ3n) is 1.53. The van der Waals surface area contributed by atoms with Crippen LogP contribution >= 0.6 is 0 Å². The second-order valence-corrected chi connectivity index (χ2v) is 2.53. The Labute approximate surface area is 70.9 Å². The fourth-order valence-corrected chi connectivity index (χ4v) is 0.530. The van der Waals surface area contributed by atoms with Crippen molar-refractivity contribution in [1.82, 2.24) is 0 Å². The number of rotatable bonds is 5. The molecular weight excluding hydrogens is 162 g/mol. The van der Waals surface area contributed by atoms with Crippen LogP contribution in [0, 0.1) is 16.0 Å². The molecule has 0 aliphatic carbocycles. The lowest BCUT2D eigenvalue weighted by Crippen LogP contribution is -2.18. The molecule has 0 N–H and O–H groups in total. The van der Waals surface area contributed by atoms with Gasteiger partial charge in [0.05, 0.1) is 5.92 Å². The van der Waals surface area contributed by atoms with Crippen LogP contribution in [0.5, 0.6) is 0 Å². The zero-order valence-electron chi connectivity index (χ0n) is 7.28. The molecule has 0 aromatic carbocycles. The first kappa shape index (κ1) is 10.9. The Balaban J connectivity index is 3.50. The van der Waals surface area contributed by atoms with Crippen molar-refractivity contribution in [2.24, 2.45) is 5.92 Å². The Hall–Kier alpha value is -1.13. The lowest BCUT2D eigenvalue weighted by Gasteiger charge is -2.06. The van der Waals surface area contributed by atoms with E-state index in [4.69, 9.17) is 0 Å². The molecule has 5 heteroatoms. The summed E-state index contributed by atoms with van der Waals surface area (Å²) in [6, 6.07) is 0. The third kappa shape index (κ3) is 4.65. The van der Waals surface area contributed by atoms with Crippen LogP contribution in [0.15, 0.2) is 0 Å². The monoisotopic (exact) mass is 175 g/mol. The summed E-state index contributed by atoms with van der Waals surface area (Å²) in [6.07, 6.45) is 0.692. The molecule has 5 nitrogen and oxygen atoms in total. The van der Waals surface area contributed by atoms with Crippen molar-refractivity contribution in [3.8, 4) is 0 Å². The summed E-state index contributed by atoms with van der Waals surface area (Å²) in [5.74, 6) is -0.531. The Kier molecular flexibility index (Phi) is 4.99. The Bertz CT molecular complexity index is 169. The van der Waals surface area contributed by atoms with E-state index in [9.17, 15) is 14.9 Å². The van der Waals surface area contributed by atoms with Gasteiger partial charge in [-0.05, 0) is 6.42 Å². The minimum atomic E-state index is -0.510. The van der Waals surface area contributed by atoms with Crippen molar-refractivity contribution in [3.63, 3.8) is 0 Å². The van der Waals surface area contributed by atoms with Crippen molar-refractivity contribution in [1.29, 1.82) is 0 Å². The van der Waals surface area contributed by atoms with E-state index in [0.717, 1.165) is 0 Å². The van der Waals surface area contributed by atoms with Gasteiger partial charge >= 0.3 is 5.97 Å². The molecule has 1 unspecified atom stereocenters. The fraction of sp³-hybridized carbons (Fsp3) is 0.857. The Morgan fingerprint density at radius 1 is 1.67 bits per heavy atom. The number of carbonyl (C=O) groups is 1. The van der Waals surface area contributed by atoms with E-state index in [1.807, 2.05) is 6.92 Å². The summed E-state index contributed by atoms with van der Waals surface area (Å²) in [7, 11) is 0. The van der Waals surface area contributed by atoms with E-state index >= 15 is 0 Å². The van der Waals surface area contributed by atoms with Gasteiger partial charge in [-0.25, -0.2) is 0 Å². The van der Waals surface area contributed by atoms with Crippen LogP contribution < -0.4 is 0 Å². The van der Waals surface area contributed by atoms with Crippen molar-refractivity contribution >= 4 is 5.97 Å². The molecule has 0 saturated heterocycles. The van der Waals surface area contributed by atoms with Gasteiger partial charge in [0.15, 0.2) is 6.61 Å². The maximum atomic E-state index is 10.9. The van der Waals surface area contributed by atoms with Crippen LogP contribution in [0.4, 0.5) is 0 Å². The van der Waals surface area contributed by atoms with Gasteiger partial charge in [0.2, 0.25) is 6.54 Å². The molecule has 12 heavy (non-hydrogen) atoms. The molecule has 0 amide bonds. The summed E-state index contributed by atoms with van der Waals surface area (Å²) in [6.45, 7) is 3.15. The smallest absolute Gasteiger partial charge is 0.308 e. The fourth-order valence-electron chi connectivity index (χ4n) is 0.530. The van der Waals surface area contributed by atoms with Crippen molar-refractivity contribution in [2.75, 3.05) is 13.2 Å². The first-order valence-electron chi connectivity index (χ1n) is 3.86. The summed E-state index contributed by atoms with van der Waals surface area (Å²) in [5, 5.41) is 9.83. The van der Waals surface area contributed by atoms with E-state index < -0.39 is 4.92 Å². The van der Waals surface area contributed by atoms with Gasteiger partial charge in [-0.2, -0.15) is 0 Å². The predicted octanol–water partition coefficient (Wildman–Crippen LogP) is 0.852.